The van der Waals surface area contributed by atoms with E-state index in [1.165, 1.54) is 24.1 Å². The van der Waals surface area contributed by atoms with Gasteiger partial charge in [-0.3, -0.25) is 4.90 Å². The Balaban J connectivity index is 1.74. The average Bonchev–Trinajstić information content (AvgIpc) is 3.02. The summed E-state index contributed by atoms with van der Waals surface area (Å²) >= 11 is 1.87. The first-order valence-corrected chi connectivity index (χ1v) is 7.52. The second-order valence-corrected chi connectivity index (χ2v) is 6.36. The fourth-order valence-corrected chi connectivity index (χ4v) is 2.89. The Morgan fingerprint density at radius 3 is 2.76 bits per heavy atom. The smallest absolute Gasteiger partial charge is 0.0192 e. The predicted octanol–water partition coefficient (Wildman–Crippen LogP) is 2.75. The standard InChI is InChI=1S/C14H24N2S/c1-11(9-14-5-4-8-17-14)16(3)12(2)10-15-13-6-7-13/h4-5,8,11-13,15H,6-7,9-10H2,1-3H3. The Labute approximate surface area is 109 Å². The van der Waals surface area contributed by atoms with Crippen LogP contribution in [-0.2, 0) is 6.42 Å². The van der Waals surface area contributed by atoms with Crippen molar-refractivity contribution in [3.05, 3.63) is 22.4 Å². The van der Waals surface area contributed by atoms with Crippen molar-refractivity contribution >= 4 is 11.3 Å². The van der Waals surface area contributed by atoms with Crippen LogP contribution in [0.15, 0.2) is 17.5 Å². The largest absolute Gasteiger partial charge is 0.312 e. The van der Waals surface area contributed by atoms with Gasteiger partial charge in [-0.15, -0.1) is 11.3 Å². The normalized spacial score (nSPS) is 19.5. The molecule has 96 valence electrons. The van der Waals surface area contributed by atoms with E-state index in [4.69, 9.17) is 0 Å². The third-order valence-corrected chi connectivity index (χ3v) is 4.65. The summed E-state index contributed by atoms with van der Waals surface area (Å²) in [5.74, 6) is 0. The molecule has 3 heteroatoms. The molecule has 2 unspecified atom stereocenters. The fraction of sp³-hybridized carbons (Fsp3) is 0.714. The van der Waals surface area contributed by atoms with Gasteiger partial charge in [0.25, 0.3) is 0 Å². The van der Waals surface area contributed by atoms with E-state index in [0.29, 0.717) is 12.1 Å². The SMILES string of the molecule is CC(CNC1CC1)N(C)C(C)Cc1cccs1. The van der Waals surface area contributed by atoms with Crippen LogP contribution in [0.1, 0.15) is 31.6 Å². The van der Waals surface area contributed by atoms with Crippen molar-refractivity contribution in [1.82, 2.24) is 10.2 Å². The van der Waals surface area contributed by atoms with Crippen molar-refractivity contribution in [2.45, 2.75) is 51.2 Å². The van der Waals surface area contributed by atoms with Gasteiger partial charge in [0, 0.05) is 29.5 Å². The molecule has 0 aliphatic heterocycles. The van der Waals surface area contributed by atoms with E-state index in [1.54, 1.807) is 0 Å². The summed E-state index contributed by atoms with van der Waals surface area (Å²) in [6.45, 7) is 5.77. The number of thiophene rings is 1. The molecule has 0 spiro atoms. The lowest BCUT2D eigenvalue weighted by Gasteiger charge is -2.31. The van der Waals surface area contributed by atoms with Crippen LogP contribution < -0.4 is 5.32 Å². The van der Waals surface area contributed by atoms with Crippen LogP contribution in [0.5, 0.6) is 0 Å². The maximum Gasteiger partial charge on any atom is 0.0192 e. The van der Waals surface area contributed by atoms with Crippen LogP contribution in [0.4, 0.5) is 0 Å². The highest BCUT2D eigenvalue weighted by Gasteiger charge is 2.23. The van der Waals surface area contributed by atoms with E-state index in [0.717, 1.165) is 12.6 Å². The third-order valence-electron chi connectivity index (χ3n) is 3.75. The molecule has 0 bridgehead atoms. The molecule has 2 atom stereocenters. The highest BCUT2D eigenvalue weighted by Crippen LogP contribution is 2.19. The molecule has 1 aliphatic rings. The van der Waals surface area contributed by atoms with E-state index in [1.807, 2.05) is 11.3 Å². The number of hydrogen-bond donors (Lipinski definition) is 1. The second-order valence-electron chi connectivity index (χ2n) is 5.33. The van der Waals surface area contributed by atoms with Crippen molar-refractivity contribution in [3.63, 3.8) is 0 Å². The molecule has 0 aromatic carbocycles. The summed E-state index contributed by atoms with van der Waals surface area (Å²) in [4.78, 5) is 3.99. The molecule has 1 fully saturated rings. The quantitative estimate of drug-likeness (QED) is 0.803. The molecule has 1 N–H and O–H groups in total. The number of hydrogen-bond acceptors (Lipinski definition) is 3. The van der Waals surface area contributed by atoms with Crippen LogP contribution in [0.25, 0.3) is 0 Å². The van der Waals surface area contributed by atoms with Crippen molar-refractivity contribution < 1.29 is 0 Å². The molecule has 17 heavy (non-hydrogen) atoms. The second kappa shape index (κ2) is 5.98. The molecule has 1 aromatic rings. The Morgan fingerprint density at radius 1 is 1.41 bits per heavy atom. The first kappa shape index (κ1) is 13.1. The zero-order chi connectivity index (χ0) is 12.3. The molecule has 2 nitrogen and oxygen atoms in total. The van der Waals surface area contributed by atoms with Gasteiger partial charge in [0.15, 0.2) is 0 Å². The fourth-order valence-electron chi connectivity index (χ4n) is 2.07. The summed E-state index contributed by atoms with van der Waals surface area (Å²) in [5, 5.41) is 5.78. The molecule has 1 aliphatic carbocycles. The summed E-state index contributed by atoms with van der Waals surface area (Å²) in [5.41, 5.74) is 0. The van der Waals surface area contributed by atoms with Gasteiger partial charge in [-0.2, -0.15) is 0 Å². The first-order valence-electron chi connectivity index (χ1n) is 6.64. The summed E-state index contributed by atoms with van der Waals surface area (Å²) < 4.78 is 0. The molecule has 2 rings (SSSR count). The molecular formula is C14H24N2S. The molecule has 0 amide bonds. The Bertz CT molecular complexity index is 319. The Kier molecular flexibility index (Phi) is 4.60. The van der Waals surface area contributed by atoms with Gasteiger partial charge in [0.1, 0.15) is 0 Å². The van der Waals surface area contributed by atoms with Gasteiger partial charge >= 0.3 is 0 Å². The summed E-state index contributed by atoms with van der Waals surface area (Å²) in [6, 6.07) is 6.43. The monoisotopic (exact) mass is 252 g/mol. The zero-order valence-electron chi connectivity index (χ0n) is 11.1. The number of nitrogens with one attached hydrogen (secondary N) is 1. The van der Waals surface area contributed by atoms with E-state index < -0.39 is 0 Å². The van der Waals surface area contributed by atoms with Crippen molar-refractivity contribution in [2.75, 3.05) is 13.6 Å². The van der Waals surface area contributed by atoms with E-state index in [9.17, 15) is 0 Å². The van der Waals surface area contributed by atoms with Gasteiger partial charge in [-0.05, 0) is 51.6 Å². The first-order chi connectivity index (χ1) is 8.16. The molecular weight excluding hydrogens is 228 g/mol. The minimum Gasteiger partial charge on any atom is -0.312 e. The minimum atomic E-state index is 0.615. The van der Waals surface area contributed by atoms with E-state index in [2.05, 4.69) is 48.6 Å². The van der Waals surface area contributed by atoms with Crippen molar-refractivity contribution in [2.24, 2.45) is 0 Å². The average molecular weight is 252 g/mol. The van der Waals surface area contributed by atoms with E-state index >= 15 is 0 Å². The lowest BCUT2D eigenvalue weighted by Crippen LogP contribution is -2.43. The predicted molar refractivity (Wildman–Crippen MR) is 75.7 cm³/mol. The highest BCUT2D eigenvalue weighted by atomic mass is 32.1. The molecule has 1 saturated carbocycles. The lowest BCUT2D eigenvalue weighted by atomic mass is 10.1. The van der Waals surface area contributed by atoms with Crippen LogP contribution >= 0.6 is 11.3 Å². The molecule has 0 radical (unpaired) electrons. The van der Waals surface area contributed by atoms with Crippen molar-refractivity contribution in [3.8, 4) is 0 Å². The maximum atomic E-state index is 3.61. The highest BCUT2D eigenvalue weighted by molar-refractivity contribution is 7.09. The van der Waals surface area contributed by atoms with Gasteiger partial charge in [0.05, 0.1) is 0 Å². The topological polar surface area (TPSA) is 15.3 Å². The zero-order valence-corrected chi connectivity index (χ0v) is 12.0. The lowest BCUT2D eigenvalue weighted by molar-refractivity contribution is 0.191. The molecule has 1 heterocycles. The van der Waals surface area contributed by atoms with Crippen molar-refractivity contribution in [1.29, 1.82) is 0 Å². The van der Waals surface area contributed by atoms with Crippen LogP contribution in [0.3, 0.4) is 0 Å². The maximum absolute atomic E-state index is 3.61. The third kappa shape index (κ3) is 4.09. The van der Waals surface area contributed by atoms with E-state index in [-0.39, 0.29) is 0 Å². The van der Waals surface area contributed by atoms with Crippen LogP contribution in [0.2, 0.25) is 0 Å². The van der Waals surface area contributed by atoms with Crippen LogP contribution in [-0.4, -0.2) is 36.6 Å². The summed E-state index contributed by atoms with van der Waals surface area (Å²) in [7, 11) is 2.25. The molecule has 0 saturated heterocycles. The Morgan fingerprint density at radius 2 is 2.18 bits per heavy atom. The van der Waals surface area contributed by atoms with Crippen LogP contribution in [0, 0.1) is 0 Å². The number of rotatable bonds is 7. The number of nitrogens with zero attached hydrogens (tertiary/aromatic N) is 1. The number of likely N-dealkylation sites (N-methyl/N-ethyl adjacent to an activating group) is 1. The molecule has 1 aromatic heterocycles. The van der Waals surface area contributed by atoms with Gasteiger partial charge in [0.2, 0.25) is 0 Å². The summed E-state index contributed by atoms with van der Waals surface area (Å²) in [6.07, 6.45) is 3.92. The minimum absolute atomic E-state index is 0.615. The Hall–Kier alpha value is -0.380. The van der Waals surface area contributed by atoms with Gasteiger partial charge in [-0.25, -0.2) is 0 Å². The van der Waals surface area contributed by atoms with Gasteiger partial charge < -0.3 is 5.32 Å². The van der Waals surface area contributed by atoms with Gasteiger partial charge in [-0.1, -0.05) is 6.07 Å².